The molecule has 6 rings (SSSR count). The summed E-state index contributed by atoms with van der Waals surface area (Å²) in [5, 5.41) is 3.28. The second-order valence-electron chi connectivity index (χ2n) is 9.14. The van der Waals surface area contributed by atoms with Crippen LogP contribution in [0.2, 0.25) is 10.0 Å². The van der Waals surface area contributed by atoms with Gasteiger partial charge in [0.15, 0.2) is 6.61 Å². The van der Waals surface area contributed by atoms with Crippen molar-refractivity contribution in [1.82, 2.24) is 4.98 Å². The standard InChI is InChI=1S/C28H19Cl2N3O5S2/c29-18-10-9-15(12-19(18)30)31-20(34)13-38-17-8-4-5-14(11-17)21-22-24(39-25-23(21)40-28(37)32-25)27(36)33(26(22)35)16-6-2-1-3-7-16/h1-12,21-22,24H,13H2,(H,31,34)(H,32,37). The third-order valence-electron chi connectivity index (χ3n) is 6.63. The summed E-state index contributed by atoms with van der Waals surface area (Å²) in [6.07, 6.45) is 0. The summed E-state index contributed by atoms with van der Waals surface area (Å²) in [6.45, 7) is -0.280. The van der Waals surface area contributed by atoms with E-state index in [4.69, 9.17) is 27.9 Å². The summed E-state index contributed by atoms with van der Waals surface area (Å²) in [7, 11) is 0. The monoisotopic (exact) mass is 611 g/mol. The number of para-hydroxylation sites is 1. The van der Waals surface area contributed by atoms with Gasteiger partial charge in [-0.15, -0.1) is 0 Å². The molecular weight excluding hydrogens is 593 g/mol. The number of anilines is 2. The molecule has 3 amide bonds. The number of nitrogens with one attached hydrogen (secondary N) is 2. The Bertz CT molecular complexity index is 1710. The molecule has 0 saturated carbocycles. The van der Waals surface area contributed by atoms with Crippen LogP contribution in [0.1, 0.15) is 16.4 Å². The van der Waals surface area contributed by atoms with Crippen molar-refractivity contribution in [3.05, 3.63) is 103 Å². The molecule has 3 heterocycles. The number of rotatable bonds is 6. The number of aromatic amines is 1. The molecule has 0 spiro atoms. The summed E-state index contributed by atoms with van der Waals surface area (Å²) < 4.78 is 5.76. The molecule has 4 aromatic rings. The minimum absolute atomic E-state index is 0.256. The molecule has 0 radical (unpaired) electrons. The zero-order valence-corrected chi connectivity index (χ0v) is 23.6. The van der Waals surface area contributed by atoms with E-state index < -0.39 is 23.0 Å². The average molecular weight is 613 g/mol. The lowest BCUT2D eigenvalue weighted by molar-refractivity contribution is -0.122. The van der Waals surface area contributed by atoms with Crippen LogP contribution >= 0.6 is 46.3 Å². The van der Waals surface area contributed by atoms with Crippen molar-refractivity contribution >= 4 is 75.4 Å². The first-order valence-corrected chi connectivity index (χ1v) is 14.6. The normalized spacial score (nSPS) is 19.8. The van der Waals surface area contributed by atoms with Crippen LogP contribution in [0.15, 0.2) is 82.6 Å². The fourth-order valence-corrected chi connectivity index (χ4v) is 7.74. The van der Waals surface area contributed by atoms with E-state index in [1.807, 2.05) is 12.1 Å². The summed E-state index contributed by atoms with van der Waals surface area (Å²) in [6, 6.07) is 20.6. The van der Waals surface area contributed by atoms with Crippen LogP contribution in [-0.2, 0) is 14.4 Å². The van der Waals surface area contributed by atoms with Gasteiger partial charge in [0, 0.05) is 16.5 Å². The van der Waals surface area contributed by atoms with Gasteiger partial charge in [-0.05, 0) is 48.0 Å². The van der Waals surface area contributed by atoms with Gasteiger partial charge in [0.05, 0.1) is 26.7 Å². The highest BCUT2D eigenvalue weighted by Gasteiger charge is 2.56. The fraction of sp³-hybridized carbons (Fsp3) is 0.143. The number of hydrogen-bond acceptors (Lipinski definition) is 7. The SMILES string of the molecule is O=C(COc1cccc(C2c3sc(=O)[nH]c3SC3C(=O)N(c4ccccc4)C(=O)C32)c1)Nc1ccc(Cl)c(Cl)c1. The maximum atomic E-state index is 13.8. The number of carbonyl (C=O) groups excluding carboxylic acids is 3. The van der Waals surface area contributed by atoms with Crippen molar-refractivity contribution in [3.8, 4) is 5.75 Å². The number of aromatic nitrogens is 1. The lowest BCUT2D eigenvalue weighted by Gasteiger charge is -2.30. The third kappa shape index (κ3) is 4.92. The Morgan fingerprint density at radius 2 is 1.75 bits per heavy atom. The average Bonchev–Trinajstić information content (AvgIpc) is 3.44. The number of thiazole rings is 1. The molecule has 3 unspecified atom stereocenters. The molecule has 8 nitrogen and oxygen atoms in total. The van der Waals surface area contributed by atoms with E-state index in [0.29, 0.717) is 42.6 Å². The van der Waals surface area contributed by atoms with Crippen LogP contribution in [0.3, 0.4) is 0 Å². The third-order valence-corrected chi connectivity index (χ3v) is 9.77. The van der Waals surface area contributed by atoms with Gasteiger partial charge in [0.2, 0.25) is 11.8 Å². The van der Waals surface area contributed by atoms with Gasteiger partial charge in [0.1, 0.15) is 11.0 Å². The van der Waals surface area contributed by atoms with Gasteiger partial charge in [-0.25, -0.2) is 4.90 Å². The first kappa shape index (κ1) is 26.6. The van der Waals surface area contributed by atoms with Gasteiger partial charge < -0.3 is 15.0 Å². The summed E-state index contributed by atoms with van der Waals surface area (Å²) in [5.41, 5.74) is 1.68. The second kappa shape index (κ2) is 10.8. The van der Waals surface area contributed by atoms with E-state index in [2.05, 4.69) is 10.3 Å². The zero-order valence-electron chi connectivity index (χ0n) is 20.4. The van der Waals surface area contributed by atoms with E-state index in [0.717, 1.165) is 11.3 Å². The number of H-pyrrole nitrogens is 1. The quantitative estimate of drug-likeness (QED) is 0.276. The molecular formula is C28H19Cl2N3O5S2. The summed E-state index contributed by atoms with van der Waals surface area (Å²) in [5.74, 6) is -1.91. The minimum Gasteiger partial charge on any atom is -0.484 e. The summed E-state index contributed by atoms with van der Waals surface area (Å²) >= 11 is 14.2. The number of imide groups is 1. The van der Waals surface area contributed by atoms with Crippen LogP contribution in [-0.4, -0.2) is 34.6 Å². The summed E-state index contributed by atoms with van der Waals surface area (Å²) in [4.78, 5) is 56.6. The molecule has 2 N–H and O–H groups in total. The highest BCUT2D eigenvalue weighted by atomic mass is 35.5. The van der Waals surface area contributed by atoms with Crippen molar-refractivity contribution in [2.75, 3.05) is 16.8 Å². The Labute approximate surface area is 246 Å². The highest BCUT2D eigenvalue weighted by molar-refractivity contribution is 8.00. The molecule has 1 fully saturated rings. The van der Waals surface area contributed by atoms with E-state index >= 15 is 0 Å². The maximum Gasteiger partial charge on any atom is 0.305 e. The van der Waals surface area contributed by atoms with Crippen molar-refractivity contribution in [2.45, 2.75) is 16.2 Å². The van der Waals surface area contributed by atoms with Crippen molar-refractivity contribution < 1.29 is 19.1 Å². The number of thioether (sulfide) groups is 1. The lowest BCUT2D eigenvalue weighted by atomic mass is 9.83. The highest BCUT2D eigenvalue weighted by Crippen LogP contribution is 2.53. The van der Waals surface area contributed by atoms with Gasteiger partial charge >= 0.3 is 4.87 Å². The van der Waals surface area contributed by atoms with Gasteiger partial charge in [-0.3, -0.25) is 19.2 Å². The topological polar surface area (TPSA) is 109 Å². The van der Waals surface area contributed by atoms with E-state index in [9.17, 15) is 19.2 Å². The van der Waals surface area contributed by atoms with E-state index in [1.165, 1.54) is 16.7 Å². The van der Waals surface area contributed by atoms with Crippen LogP contribution in [0.25, 0.3) is 0 Å². The predicted molar refractivity (Wildman–Crippen MR) is 156 cm³/mol. The maximum absolute atomic E-state index is 13.8. The van der Waals surface area contributed by atoms with Crippen LogP contribution in [0, 0.1) is 5.92 Å². The molecule has 2 aliphatic rings. The lowest BCUT2D eigenvalue weighted by Crippen LogP contribution is -2.32. The predicted octanol–water partition coefficient (Wildman–Crippen LogP) is 5.56. The van der Waals surface area contributed by atoms with Crippen molar-refractivity contribution in [3.63, 3.8) is 0 Å². The molecule has 202 valence electrons. The van der Waals surface area contributed by atoms with E-state index in [1.54, 1.807) is 60.7 Å². The van der Waals surface area contributed by atoms with Crippen LogP contribution < -0.4 is 19.8 Å². The Kier molecular flexibility index (Phi) is 7.18. The fourth-order valence-electron chi connectivity index (χ4n) is 4.93. The number of amides is 3. The van der Waals surface area contributed by atoms with Gasteiger partial charge in [-0.2, -0.15) is 0 Å². The second-order valence-corrected chi connectivity index (χ2v) is 12.1. The van der Waals surface area contributed by atoms with Crippen LogP contribution in [0.4, 0.5) is 11.4 Å². The molecule has 0 bridgehead atoms. The first-order chi connectivity index (χ1) is 19.3. The molecule has 0 aliphatic carbocycles. The Morgan fingerprint density at radius 3 is 2.52 bits per heavy atom. The van der Waals surface area contributed by atoms with E-state index in [-0.39, 0.29) is 23.3 Å². The van der Waals surface area contributed by atoms with Crippen molar-refractivity contribution in [1.29, 1.82) is 0 Å². The Balaban J connectivity index is 1.27. The van der Waals surface area contributed by atoms with Crippen molar-refractivity contribution in [2.24, 2.45) is 5.92 Å². The number of ether oxygens (including phenoxy) is 1. The number of fused-ring (bicyclic) bond motifs is 2. The smallest absolute Gasteiger partial charge is 0.305 e. The molecule has 12 heteroatoms. The Hall–Kier alpha value is -3.57. The number of halogens is 2. The molecule has 1 aromatic heterocycles. The first-order valence-electron chi connectivity index (χ1n) is 12.1. The minimum atomic E-state index is -0.718. The Morgan fingerprint density at radius 1 is 0.950 bits per heavy atom. The largest absolute Gasteiger partial charge is 0.484 e. The van der Waals surface area contributed by atoms with Gasteiger partial charge in [-0.1, -0.05) is 76.6 Å². The number of carbonyl (C=O) groups is 3. The number of benzene rings is 3. The molecule has 1 saturated heterocycles. The molecule has 40 heavy (non-hydrogen) atoms. The molecule has 3 aromatic carbocycles. The molecule has 2 aliphatic heterocycles. The van der Waals surface area contributed by atoms with Crippen LogP contribution in [0.5, 0.6) is 5.75 Å². The number of nitrogens with zero attached hydrogens (tertiary/aromatic N) is 1. The molecule has 3 atom stereocenters. The van der Waals surface area contributed by atoms with Gasteiger partial charge in [0.25, 0.3) is 5.91 Å². The number of hydrogen-bond donors (Lipinski definition) is 2. The zero-order chi connectivity index (χ0) is 28.0.